The molecule has 0 spiro atoms. The Balaban J connectivity index is 1.73. The van der Waals surface area contributed by atoms with Crippen LogP contribution in [0.25, 0.3) is 11.1 Å². The van der Waals surface area contributed by atoms with Gasteiger partial charge in [-0.2, -0.15) is 5.10 Å². The van der Waals surface area contributed by atoms with E-state index in [0.29, 0.717) is 11.3 Å². The number of carbonyl (C=O) groups is 1. The molecule has 0 aromatic heterocycles. The first-order valence-electron chi connectivity index (χ1n) is 10.2. The summed E-state index contributed by atoms with van der Waals surface area (Å²) in [7, 11) is 0. The van der Waals surface area contributed by atoms with Crippen molar-refractivity contribution in [2.24, 2.45) is 5.10 Å². The van der Waals surface area contributed by atoms with E-state index in [1.54, 1.807) is 30.5 Å². The molecule has 4 heteroatoms. The lowest BCUT2D eigenvalue weighted by molar-refractivity contribution is 0.0955. The zero-order valence-electron chi connectivity index (χ0n) is 17.4. The molecule has 0 aliphatic carbocycles. The van der Waals surface area contributed by atoms with Gasteiger partial charge in [-0.25, -0.2) is 5.43 Å². The van der Waals surface area contributed by atoms with Gasteiger partial charge in [-0.1, -0.05) is 68.4 Å². The summed E-state index contributed by atoms with van der Waals surface area (Å²) in [5, 5.41) is 4.07. The molecule has 3 aromatic rings. The summed E-state index contributed by atoms with van der Waals surface area (Å²) in [5.41, 5.74) is 15.4. The molecule has 152 valence electrons. The minimum atomic E-state index is -0.269. The molecule has 30 heavy (non-hydrogen) atoms. The number of rotatable bonds is 7. The summed E-state index contributed by atoms with van der Waals surface area (Å²) in [5.74, 6) is -0.269. The lowest BCUT2D eigenvalue weighted by Crippen LogP contribution is -2.17. The Bertz CT molecular complexity index is 1030. The average Bonchev–Trinajstić information content (AvgIpc) is 2.79. The summed E-state index contributed by atoms with van der Waals surface area (Å²) in [6.07, 6.45) is 3.59. The van der Waals surface area contributed by atoms with E-state index in [1.807, 2.05) is 18.2 Å². The summed E-state index contributed by atoms with van der Waals surface area (Å²) in [4.78, 5) is 12.1. The third kappa shape index (κ3) is 5.23. The van der Waals surface area contributed by atoms with Gasteiger partial charge in [0.15, 0.2) is 0 Å². The van der Waals surface area contributed by atoms with Crippen molar-refractivity contribution >= 4 is 29.0 Å². The van der Waals surface area contributed by atoms with Crippen LogP contribution in [0, 0.1) is 0 Å². The number of amides is 1. The lowest BCUT2D eigenvalue weighted by atomic mass is 9.91. The van der Waals surface area contributed by atoms with Gasteiger partial charge in [0.2, 0.25) is 0 Å². The largest absolute Gasteiger partial charge is 0.399 e. The molecule has 0 heterocycles. The highest BCUT2D eigenvalue weighted by Crippen LogP contribution is 2.31. The van der Waals surface area contributed by atoms with Crippen molar-refractivity contribution in [3.8, 4) is 0 Å². The predicted octanol–water partition coefficient (Wildman–Crippen LogP) is 5.76. The van der Waals surface area contributed by atoms with E-state index in [2.05, 4.69) is 60.8 Å². The Morgan fingerprint density at radius 1 is 0.800 bits per heavy atom. The standard InChI is InChI=1S/C26H27N3O/c1-3-24(20-8-6-5-7-9-20)25(4-2)21-12-10-19(11-13-21)18-28-29-26(30)22-14-16-23(27)17-15-22/h5-18H,3-4,27H2,1-2H3,(H,29,30)/b25-24+,28-18+. The number of nitrogen functional groups attached to an aromatic ring is 1. The van der Waals surface area contributed by atoms with Crippen LogP contribution in [-0.4, -0.2) is 12.1 Å². The molecule has 0 atom stereocenters. The smallest absolute Gasteiger partial charge is 0.271 e. The van der Waals surface area contributed by atoms with E-state index in [0.717, 1.165) is 18.4 Å². The highest BCUT2D eigenvalue weighted by molar-refractivity contribution is 5.95. The van der Waals surface area contributed by atoms with Gasteiger partial charge in [-0.05, 0) is 64.9 Å². The number of nitrogens with zero attached hydrogens (tertiary/aromatic N) is 1. The van der Waals surface area contributed by atoms with Gasteiger partial charge in [0.05, 0.1) is 6.21 Å². The number of hydrogen-bond donors (Lipinski definition) is 2. The molecule has 0 unspecified atom stereocenters. The molecule has 4 nitrogen and oxygen atoms in total. The van der Waals surface area contributed by atoms with Crippen LogP contribution in [0.4, 0.5) is 5.69 Å². The van der Waals surface area contributed by atoms with Crippen LogP contribution in [-0.2, 0) is 0 Å². The summed E-state index contributed by atoms with van der Waals surface area (Å²) >= 11 is 0. The minimum absolute atomic E-state index is 0.269. The Labute approximate surface area is 178 Å². The van der Waals surface area contributed by atoms with Crippen LogP contribution < -0.4 is 11.2 Å². The quantitative estimate of drug-likeness (QED) is 0.230. The molecule has 0 saturated carbocycles. The number of hydrogen-bond acceptors (Lipinski definition) is 3. The molecule has 3 rings (SSSR count). The molecule has 3 N–H and O–H groups in total. The van der Waals surface area contributed by atoms with Crippen LogP contribution in [0.5, 0.6) is 0 Å². The van der Waals surface area contributed by atoms with Crippen molar-refractivity contribution in [3.05, 3.63) is 101 Å². The normalized spacial score (nSPS) is 11.9. The first kappa shape index (κ1) is 21.1. The fourth-order valence-electron chi connectivity index (χ4n) is 3.46. The third-order valence-corrected chi connectivity index (χ3v) is 5.01. The molecular weight excluding hydrogens is 370 g/mol. The number of anilines is 1. The van der Waals surface area contributed by atoms with Crippen LogP contribution >= 0.6 is 0 Å². The minimum Gasteiger partial charge on any atom is -0.399 e. The number of nitrogens with one attached hydrogen (secondary N) is 1. The second kappa shape index (κ2) is 10.2. The number of hydrazone groups is 1. The van der Waals surface area contributed by atoms with Gasteiger partial charge < -0.3 is 5.73 Å². The van der Waals surface area contributed by atoms with Crippen LogP contribution in [0.15, 0.2) is 84.0 Å². The van der Waals surface area contributed by atoms with E-state index in [1.165, 1.54) is 22.3 Å². The van der Waals surface area contributed by atoms with Crippen LogP contribution in [0.3, 0.4) is 0 Å². The van der Waals surface area contributed by atoms with Gasteiger partial charge in [0.25, 0.3) is 5.91 Å². The second-order valence-electron chi connectivity index (χ2n) is 6.97. The number of benzene rings is 3. The Morgan fingerprint density at radius 3 is 1.90 bits per heavy atom. The van der Waals surface area contributed by atoms with E-state index in [-0.39, 0.29) is 5.91 Å². The van der Waals surface area contributed by atoms with Crippen molar-refractivity contribution in [1.82, 2.24) is 5.43 Å². The third-order valence-electron chi connectivity index (χ3n) is 5.01. The lowest BCUT2D eigenvalue weighted by Gasteiger charge is -2.14. The molecule has 0 aliphatic heterocycles. The Morgan fingerprint density at radius 2 is 1.33 bits per heavy atom. The van der Waals surface area contributed by atoms with Crippen LogP contribution in [0.2, 0.25) is 0 Å². The van der Waals surface area contributed by atoms with E-state index < -0.39 is 0 Å². The van der Waals surface area contributed by atoms with Crippen LogP contribution in [0.1, 0.15) is 53.7 Å². The first-order valence-corrected chi connectivity index (χ1v) is 10.2. The maximum Gasteiger partial charge on any atom is 0.271 e. The van der Waals surface area contributed by atoms with E-state index >= 15 is 0 Å². The maximum absolute atomic E-state index is 12.1. The number of allylic oxidation sites excluding steroid dienone is 2. The van der Waals surface area contributed by atoms with Gasteiger partial charge in [0, 0.05) is 11.3 Å². The summed E-state index contributed by atoms with van der Waals surface area (Å²) in [6, 6.07) is 25.5. The zero-order valence-corrected chi connectivity index (χ0v) is 17.4. The Kier molecular flexibility index (Phi) is 7.17. The first-order chi connectivity index (χ1) is 14.6. The average molecular weight is 398 g/mol. The van der Waals surface area contributed by atoms with Gasteiger partial charge in [-0.3, -0.25) is 4.79 Å². The van der Waals surface area contributed by atoms with Crippen molar-refractivity contribution < 1.29 is 4.79 Å². The molecule has 3 aromatic carbocycles. The zero-order chi connectivity index (χ0) is 21.3. The highest BCUT2D eigenvalue weighted by atomic mass is 16.2. The molecular formula is C26H27N3O. The predicted molar refractivity (Wildman–Crippen MR) is 126 cm³/mol. The monoisotopic (exact) mass is 397 g/mol. The highest BCUT2D eigenvalue weighted by Gasteiger charge is 2.09. The second-order valence-corrected chi connectivity index (χ2v) is 6.97. The SMILES string of the molecule is CC/C(=C(/CC)c1ccc(/C=N/NC(=O)c2ccc(N)cc2)cc1)c1ccccc1. The molecule has 0 fully saturated rings. The van der Waals surface area contributed by atoms with Gasteiger partial charge in [0.1, 0.15) is 0 Å². The van der Waals surface area contributed by atoms with E-state index in [4.69, 9.17) is 5.73 Å². The molecule has 0 saturated heterocycles. The van der Waals surface area contributed by atoms with Gasteiger partial charge >= 0.3 is 0 Å². The van der Waals surface area contributed by atoms with E-state index in [9.17, 15) is 4.79 Å². The summed E-state index contributed by atoms with van der Waals surface area (Å²) in [6.45, 7) is 4.39. The number of nitrogens with two attached hydrogens (primary N) is 1. The molecule has 0 aliphatic rings. The van der Waals surface area contributed by atoms with Crippen molar-refractivity contribution in [2.45, 2.75) is 26.7 Å². The summed E-state index contributed by atoms with van der Waals surface area (Å²) < 4.78 is 0. The van der Waals surface area contributed by atoms with Gasteiger partial charge in [-0.15, -0.1) is 0 Å². The topological polar surface area (TPSA) is 67.5 Å². The van der Waals surface area contributed by atoms with Crippen molar-refractivity contribution in [2.75, 3.05) is 5.73 Å². The number of carbonyl (C=O) groups excluding carboxylic acids is 1. The van der Waals surface area contributed by atoms with Crippen molar-refractivity contribution in [1.29, 1.82) is 0 Å². The fourth-order valence-corrected chi connectivity index (χ4v) is 3.46. The molecule has 0 bridgehead atoms. The molecule has 1 amide bonds. The Hall–Kier alpha value is -3.66. The fraction of sp³-hybridized carbons (Fsp3) is 0.154. The maximum atomic E-state index is 12.1. The molecule has 0 radical (unpaired) electrons. The van der Waals surface area contributed by atoms with Crippen molar-refractivity contribution in [3.63, 3.8) is 0 Å².